The molecule has 222 valence electrons. The molecule has 7 nitrogen and oxygen atoms in total. The molecule has 1 unspecified atom stereocenters. The lowest BCUT2D eigenvalue weighted by atomic mass is 9.92. The van der Waals surface area contributed by atoms with E-state index in [1.54, 1.807) is 13.0 Å². The molecule has 3 aliphatic rings. The van der Waals surface area contributed by atoms with Crippen molar-refractivity contribution < 1.29 is 32.6 Å². The van der Waals surface area contributed by atoms with Gasteiger partial charge in [-0.2, -0.15) is 0 Å². The van der Waals surface area contributed by atoms with E-state index in [2.05, 4.69) is 4.90 Å². The van der Waals surface area contributed by atoms with Crippen LogP contribution in [0.15, 0.2) is 30.3 Å². The van der Waals surface area contributed by atoms with E-state index in [-0.39, 0.29) is 49.5 Å². The Balaban J connectivity index is 1.26. The number of carbonyl (C=O) groups excluding carboxylic acids is 2. The molecule has 0 aromatic heterocycles. The number of carbonyl (C=O) groups is 2. The molecule has 0 N–H and O–H groups in total. The van der Waals surface area contributed by atoms with Crippen LogP contribution in [0.4, 0.5) is 8.78 Å². The zero-order valence-corrected chi connectivity index (χ0v) is 24.8. The Morgan fingerprint density at radius 2 is 1.78 bits per heavy atom. The lowest BCUT2D eigenvalue weighted by Crippen LogP contribution is -2.45. The molecule has 3 fully saturated rings. The molecular weight excluding hydrogens is 577 g/mol. The quantitative estimate of drug-likeness (QED) is 0.326. The Labute approximate surface area is 248 Å². The summed E-state index contributed by atoms with van der Waals surface area (Å²) in [5.74, 6) is -1.74. The molecule has 2 aromatic rings. The molecular formula is C30H34Cl2F2N2O5. The topological polar surface area (TPSA) is 68.3 Å². The summed E-state index contributed by atoms with van der Waals surface area (Å²) in [5.41, 5.74) is -0.114. The van der Waals surface area contributed by atoms with Crippen LogP contribution in [0, 0.1) is 5.82 Å². The van der Waals surface area contributed by atoms with Crippen LogP contribution in [0.3, 0.4) is 0 Å². The number of hydrogen-bond acceptors (Lipinski definition) is 6. The summed E-state index contributed by atoms with van der Waals surface area (Å²) in [6.07, 6.45) is 1.66. The second-order valence-corrected chi connectivity index (χ2v) is 12.1. The SMILES string of the molecule is COC(=O)[C@@H]1[C@@H](C)OCN1C(=O)c1cc(C2CC2)c(OCC2(F)CCN(C(C)c3cc(Cl)cc(Cl)c3)CC2)cc1F. The summed E-state index contributed by atoms with van der Waals surface area (Å²) in [6.45, 7) is 4.36. The number of rotatable bonds is 8. The van der Waals surface area contributed by atoms with Crippen LogP contribution in [0.25, 0.3) is 0 Å². The summed E-state index contributed by atoms with van der Waals surface area (Å²) in [6, 6.07) is 7.11. The fraction of sp³-hybridized carbons (Fsp3) is 0.533. The number of methoxy groups -OCH3 is 1. The monoisotopic (exact) mass is 610 g/mol. The Morgan fingerprint density at radius 3 is 2.39 bits per heavy atom. The van der Waals surface area contributed by atoms with E-state index in [1.165, 1.54) is 18.1 Å². The molecule has 11 heteroatoms. The number of piperidine rings is 1. The molecule has 2 saturated heterocycles. The lowest BCUT2D eigenvalue weighted by Gasteiger charge is -2.39. The van der Waals surface area contributed by atoms with Crippen LogP contribution in [0.5, 0.6) is 5.75 Å². The van der Waals surface area contributed by atoms with Crippen molar-refractivity contribution in [1.29, 1.82) is 0 Å². The van der Waals surface area contributed by atoms with Gasteiger partial charge in [0.05, 0.1) is 18.8 Å². The third-order valence-corrected chi connectivity index (χ3v) is 8.84. The molecule has 0 bridgehead atoms. The highest BCUT2D eigenvalue weighted by Crippen LogP contribution is 2.46. The zero-order chi connectivity index (χ0) is 29.5. The number of alkyl halides is 1. The van der Waals surface area contributed by atoms with Gasteiger partial charge in [-0.25, -0.2) is 13.6 Å². The van der Waals surface area contributed by atoms with Crippen LogP contribution in [-0.4, -0.2) is 73.0 Å². The van der Waals surface area contributed by atoms with E-state index in [0.29, 0.717) is 28.7 Å². The van der Waals surface area contributed by atoms with E-state index < -0.39 is 35.5 Å². The maximum absolute atomic E-state index is 15.9. The van der Waals surface area contributed by atoms with Gasteiger partial charge < -0.3 is 14.2 Å². The van der Waals surface area contributed by atoms with Gasteiger partial charge in [0.1, 0.15) is 30.6 Å². The van der Waals surface area contributed by atoms with Crippen LogP contribution >= 0.6 is 23.2 Å². The summed E-state index contributed by atoms with van der Waals surface area (Å²) in [5, 5.41) is 1.12. The first-order valence-electron chi connectivity index (χ1n) is 13.9. The van der Waals surface area contributed by atoms with Crippen molar-refractivity contribution in [2.24, 2.45) is 0 Å². The largest absolute Gasteiger partial charge is 0.490 e. The predicted octanol–water partition coefficient (Wildman–Crippen LogP) is 6.31. The average molecular weight is 612 g/mol. The van der Waals surface area contributed by atoms with Crippen molar-refractivity contribution in [1.82, 2.24) is 9.80 Å². The smallest absolute Gasteiger partial charge is 0.331 e. The van der Waals surface area contributed by atoms with Gasteiger partial charge in [0.15, 0.2) is 6.04 Å². The highest BCUT2D eigenvalue weighted by atomic mass is 35.5. The maximum Gasteiger partial charge on any atom is 0.331 e. The Hall–Kier alpha value is -2.46. The van der Waals surface area contributed by atoms with Crippen LogP contribution in [-0.2, 0) is 14.3 Å². The van der Waals surface area contributed by atoms with Crippen LogP contribution < -0.4 is 4.74 Å². The summed E-state index contributed by atoms with van der Waals surface area (Å²) >= 11 is 12.3. The van der Waals surface area contributed by atoms with Gasteiger partial charge in [-0.05, 0) is 80.8 Å². The predicted molar refractivity (Wildman–Crippen MR) is 151 cm³/mol. The molecule has 3 atom stereocenters. The minimum absolute atomic E-state index is 0.0140. The zero-order valence-electron chi connectivity index (χ0n) is 23.3. The van der Waals surface area contributed by atoms with Crippen LogP contribution in [0.2, 0.25) is 10.0 Å². The minimum atomic E-state index is -1.58. The van der Waals surface area contributed by atoms with E-state index in [9.17, 15) is 9.59 Å². The molecule has 1 aliphatic carbocycles. The molecule has 1 amide bonds. The number of likely N-dealkylation sites (tertiary alicyclic amines) is 1. The molecule has 2 aliphatic heterocycles. The van der Waals surface area contributed by atoms with Crippen molar-refractivity contribution in [2.45, 2.75) is 69.3 Å². The fourth-order valence-electron chi connectivity index (χ4n) is 5.67. The highest BCUT2D eigenvalue weighted by molar-refractivity contribution is 6.34. The first kappa shape index (κ1) is 30.0. The van der Waals surface area contributed by atoms with Gasteiger partial charge in [0.2, 0.25) is 0 Å². The number of halogens is 4. The summed E-state index contributed by atoms with van der Waals surface area (Å²) in [4.78, 5) is 28.9. The minimum Gasteiger partial charge on any atom is -0.490 e. The molecule has 1 saturated carbocycles. The first-order valence-corrected chi connectivity index (χ1v) is 14.6. The highest BCUT2D eigenvalue weighted by Gasteiger charge is 2.43. The van der Waals surface area contributed by atoms with Gasteiger partial charge in [0.25, 0.3) is 5.91 Å². The number of benzene rings is 2. The third-order valence-electron chi connectivity index (χ3n) is 8.40. The number of nitrogens with zero attached hydrogens (tertiary/aromatic N) is 2. The van der Waals surface area contributed by atoms with Gasteiger partial charge in [0, 0.05) is 35.2 Å². The van der Waals surface area contributed by atoms with Gasteiger partial charge in [-0.1, -0.05) is 23.2 Å². The number of amides is 1. The molecule has 0 spiro atoms. The number of hydrogen-bond donors (Lipinski definition) is 0. The molecule has 0 radical (unpaired) electrons. The van der Waals surface area contributed by atoms with Gasteiger partial charge in [-0.15, -0.1) is 0 Å². The Morgan fingerprint density at radius 1 is 1.12 bits per heavy atom. The van der Waals surface area contributed by atoms with Crippen molar-refractivity contribution in [2.75, 3.05) is 33.5 Å². The fourth-order valence-corrected chi connectivity index (χ4v) is 6.21. The van der Waals surface area contributed by atoms with Crippen molar-refractivity contribution in [3.05, 3.63) is 62.9 Å². The van der Waals surface area contributed by atoms with E-state index >= 15 is 8.78 Å². The van der Waals surface area contributed by atoms with E-state index in [4.69, 9.17) is 37.4 Å². The number of ether oxygens (including phenoxy) is 3. The molecule has 5 rings (SSSR count). The van der Waals surface area contributed by atoms with E-state index in [1.807, 2.05) is 19.1 Å². The van der Waals surface area contributed by atoms with Gasteiger partial charge in [-0.3, -0.25) is 14.6 Å². The third kappa shape index (κ3) is 6.48. The lowest BCUT2D eigenvalue weighted by molar-refractivity contribution is -0.145. The Kier molecular flexibility index (Phi) is 8.81. The normalized spacial score (nSPS) is 23.3. The maximum atomic E-state index is 15.9. The second-order valence-electron chi connectivity index (χ2n) is 11.2. The summed E-state index contributed by atoms with van der Waals surface area (Å²) < 4.78 is 47.4. The standard InChI is InChI=1S/C30H34Cl2F2N2O5/c1-17(20-10-21(31)12-22(32)11-20)35-8-6-30(34,7-9-35)15-40-26-14-25(33)24(13-23(26)19-4-5-19)28(37)36-16-41-18(2)27(36)29(38)39-3/h10-14,17-19,27H,4-9,15-16H2,1-3H3/t17?,18-,27+/m1/s1. The average Bonchev–Trinajstić information content (AvgIpc) is 3.71. The van der Waals surface area contributed by atoms with E-state index in [0.717, 1.165) is 24.5 Å². The van der Waals surface area contributed by atoms with Gasteiger partial charge >= 0.3 is 5.97 Å². The van der Waals surface area contributed by atoms with Crippen LogP contribution in [0.1, 0.15) is 73.0 Å². The number of esters is 1. The molecule has 41 heavy (non-hydrogen) atoms. The molecule has 2 aromatic carbocycles. The molecule has 2 heterocycles. The van der Waals surface area contributed by atoms with Crippen molar-refractivity contribution in [3.63, 3.8) is 0 Å². The second kappa shape index (κ2) is 12.0. The first-order chi connectivity index (χ1) is 19.5. The van der Waals surface area contributed by atoms with Crippen molar-refractivity contribution >= 4 is 35.1 Å². The Bertz CT molecular complexity index is 1300. The van der Waals surface area contributed by atoms with Crippen molar-refractivity contribution in [3.8, 4) is 5.75 Å². The summed E-state index contributed by atoms with van der Waals surface area (Å²) in [7, 11) is 1.23.